The van der Waals surface area contributed by atoms with E-state index in [1.807, 2.05) is 18.2 Å². The number of aromatic nitrogens is 1. The van der Waals surface area contributed by atoms with E-state index in [9.17, 15) is 5.11 Å². The molecule has 0 aliphatic carbocycles. The fourth-order valence-corrected chi connectivity index (χ4v) is 4.69. The van der Waals surface area contributed by atoms with Crippen molar-refractivity contribution in [3.63, 3.8) is 0 Å². The third-order valence-corrected chi connectivity index (χ3v) is 6.13. The average molecular weight is 338 g/mol. The zero-order valence-corrected chi connectivity index (χ0v) is 14.3. The lowest BCUT2D eigenvalue weighted by atomic mass is 9.73. The van der Waals surface area contributed by atoms with Gasteiger partial charge in [-0.2, -0.15) is 0 Å². The van der Waals surface area contributed by atoms with Crippen LogP contribution in [0.3, 0.4) is 0 Å². The molecule has 3 saturated heterocycles. The molecule has 6 rings (SSSR count). The summed E-state index contributed by atoms with van der Waals surface area (Å²) in [5, 5.41) is 12.2. The van der Waals surface area contributed by atoms with Crippen molar-refractivity contribution in [1.82, 2.24) is 9.88 Å². The van der Waals surface area contributed by atoms with Crippen LogP contribution >= 0.6 is 0 Å². The fourth-order valence-electron chi connectivity index (χ4n) is 4.69. The fraction of sp³-hybridized carbons (Fsp3) is 0.450. The molecule has 0 spiro atoms. The molecule has 130 valence electrons. The number of nitrogens with zero attached hydrogens (tertiary/aromatic N) is 2. The van der Waals surface area contributed by atoms with E-state index in [1.54, 1.807) is 7.11 Å². The van der Waals surface area contributed by atoms with Gasteiger partial charge < -0.3 is 14.6 Å². The van der Waals surface area contributed by atoms with Crippen LogP contribution in [-0.4, -0.2) is 41.2 Å². The first kappa shape index (κ1) is 15.2. The van der Waals surface area contributed by atoms with Crippen LogP contribution in [0.25, 0.3) is 10.9 Å². The second-order valence-electron chi connectivity index (χ2n) is 7.34. The molecule has 4 aliphatic heterocycles. The number of benzene rings is 1. The molecule has 5 heteroatoms. The van der Waals surface area contributed by atoms with Crippen molar-refractivity contribution in [3.05, 3.63) is 36.4 Å². The van der Waals surface area contributed by atoms with Gasteiger partial charge >= 0.3 is 0 Å². The number of aliphatic hydroxyl groups is 1. The van der Waals surface area contributed by atoms with Crippen molar-refractivity contribution in [1.29, 1.82) is 0 Å². The molecule has 0 saturated carbocycles. The van der Waals surface area contributed by atoms with Gasteiger partial charge in [0.25, 0.3) is 5.88 Å². The number of piperidine rings is 3. The summed E-state index contributed by atoms with van der Waals surface area (Å²) in [6, 6.07) is 5.89. The van der Waals surface area contributed by atoms with Crippen LogP contribution in [0.15, 0.2) is 30.9 Å². The summed E-state index contributed by atoms with van der Waals surface area (Å²) < 4.78 is 10.9. The minimum Gasteiger partial charge on any atom is -0.497 e. The zero-order chi connectivity index (χ0) is 17.1. The molecule has 4 aliphatic rings. The molecule has 25 heavy (non-hydrogen) atoms. The third-order valence-electron chi connectivity index (χ3n) is 6.13. The van der Waals surface area contributed by atoms with Crippen LogP contribution in [0.5, 0.6) is 17.4 Å². The van der Waals surface area contributed by atoms with E-state index in [-0.39, 0.29) is 6.04 Å². The quantitative estimate of drug-likeness (QED) is 0.584. The lowest BCUT2D eigenvalue weighted by Gasteiger charge is -2.50. The van der Waals surface area contributed by atoms with Crippen molar-refractivity contribution in [2.24, 2.45) is 11.8 Å². The molecule has 0 amide bonds. The summed E-state index contributed by atoms with van der Waals surface area (Å²) in [5.41, 5.74) is 1.71. The Bertz CT molecular complexity index is 866. The van der Waals surface area contributed by atoms with E-state index in [4.69, 9.17) is 9.47 Å². The van der Waals surface area contributed by atoms with Gasteiger partial charge in [0.2, 0.25) is 0 Å². The molecule has 5 atom stereocenters. The highest BCUT2D eigenvalue weighted by Gasteiger charge is 2.44. The van der Waals surface area contributed by atoms with E-state index in [1.165, 1.54) is 6.42 Å². The smallest absolute Gasteiger partial charge is 0.264 e. The van der Waals surface area contributed by atoms with Crippen molar-refractivity contribution >= 4 is 10.9 Å². The maximum Gasteiger partial charge on any atom is 0.264 e. The third kappa shape index (κ3) is 2.26. The molecule has 2 bridgehead atoms. The minimum atomic E-state index is -0.581. The number of aliphatic hydroxyl groups excluding tert-OH is 1. The Morgan fingerprint density at radius 2 is 2.36 bits per heavy atom. The Kier molecular flexibility index (Phi) is 3.30. The molecule has 5 heterocycles. The first-order valence-corrected chi connectivity index (χ1v) is 8.93. The van der Waals surface area contributed by atoms with E-state index >= 15 is 0 Å². The lowest BCUT2D eigenvalue weighted by Crippen LogP contribution is -2.54. The van der Waals surface area contributed by atoms with E-state index < -0.39 is 6.10 Å². The number of pyridine rings is 1. The molecular formula is C20H22N2O3. The van der Waals surface area contributed by atoms with Gasteiger partial charge in [-0.15, -0.1) is 6.58 Å². The predicted molar refractivity (Wildman–Crippen MR) is 95.1 cm³/mol. The molecule has 1 unspecified atom stereocenters. The zero-order valence-electron chi connectivity index (χ0n) is 14.3. The molecule has 2 aromatic rings. The summed E-state index contributed by atoms with van der Waals surface area (Å²) in [6.45, 7) is 6.02. The first-order valence-electron chi connectivity index (χ1n) is 8.93. The Morgan fingerprint density at radius 3 is 3.08 bits per heavy atom. The van der Waals surface area contributed by atoms with E-state index in [0.717, 1.165) is 47.5 Å². The van der Waals surface area contributed by atoms with Gasteiger partial charge in [-0.1, -0.05) is 6.08 Å². The van der Waals surface area contributed by atoms with Gasteiger partial charge in [0.05, 0.1) is 18.7 Å². The maximum atomic E-state index is 11.3. The number of hydrogen-bond acceptors (Lipinski definition) is 5. The van der Waals surface area contributed by atoms with Crippen LogP contribution in [0.2, 0.25) is 0 Å². The molecular weight excluding hydrogens is 316 g/mol. The minimum absolute atomic E-state index is 0.125. The molecule has 1 aromatic carbocycles. The summed E-state index contributed by atoms with van der Waals surface area (Å²) >= 11 is 0. The molecule has 3 fully saturated rings. The van der Waals surface area contributed by atoms with Crippen LogP contribution in [0, 0.1) is 11.8 Å². The van der Waals surface area contributed by atoms with Crippen molar-refractivity contribution < 1.29 is 14.6 Å². The van der Waals surface area contributed by atoms with Crippen LogP contribution in [0.4, 0.5) is 0 Å². The van der Waals surface area contributed by atoms with Crippen LogP contribution in [0.1, 0.15) is 24.5 Å². The molecule has 5 nitrogen and oxygen atoms in total. The Labute approximate surface area is 146 Å². The van der Waals surface area contributed by atoms with Gasteiger partial charge in [0.15, 0.2) is 5.75 Å². The van der Waals surface area contributed by atoms with Gasteiger partial charge in [0.1, 0.15) is 5.75 Å². The second kappa shape index (κ2) is 5.44. The van der Waals surface area contributed by atoms with Gasteiger partial charge in [-0.3, -0.25) is 4.90 Å². The normalized spacial score (nSPS) is 30.5. The Balaban J connectivity index is 1.56. The van der Waals surface area contributed by atoms with Crippen molar-refractivity contribution in [2.75, 3.05) is 20.2 Å². The highest BCUT2D eigenvalue weighted by atomic mass is 16.6. The maximum absolute atomic E-state index is 11.3. The largest absolute Gasteiger partial charge is 0.497 e. The topological polar surface area (TPSA) is 58.1 Å². The first-order chi connectivity index (χ1) is 12.2. The number of ether oxygens (including phenoxy) is 2. The number of rotatable bonds is 4. The number of fused-ring (bicyclic) bond motifs is 5. The highest BCUT2D eigenvalue weighted by Crippen LogP contribution is 2.54. The second-order valence-corrected chi connectivity index (χ2v) is 7.34. The Hall–Kier alpha value is -2.11. The predicted octanol–water partition coefficient (Wildman–Crippen LogP) is 3.28. The van der Waals surface area contributed by atoms with E-state index in [0.29, 0.717) is 17.7 Å². The van der Waals surface area contributed by atoms with Crippen LogP contribution < -0.4 is 9.47 Å². The summed E-state index contributed by atoms with van der Waals surface area (Å²) in [5.74, 6) is 3.32. The van der Waals surface area contributed by atoms with Crippen molar-refractivity contribution in [2.45, 2.75) is 25.0 Å². The summed E-state index contributed by atoms with van der Waals surface area (Å²) in [6.07, 6.45) is 3.69. The highest BCUT2D eigenvalue weighted by molar-refractivity contribution is 5.89. The molecule has 1 N–H and O–H groups in total. The van der Waals surface area contributed by atoms with Gasteiger partial charge in [-0.25, -0.2) is 4.98 Å². The van der Waals surface area contributed by atoms with Crippen molar-refractivity contribution in [3.8, 4) is 17.4 Å². The standard InChI is InChI=1S/C20H22N2O3/c1-3-11-10-22-7-6-12(11)8-16(22)18(23)17-14-9-13(24-2)4-5-15(14)21-20-19(17)25-20/h3-5,9,11-12,16,18,23H,1,6-8,10H2,2H3/t11-,12-,16+,18+/m0/s1. The van der Waals surface area contributed by atoms with Gasteiger partial charge in [0, 0.05) is 23.5 Å². The lowest BCUT2D eigenvalue weighted by molar-refractivity contribution is -0.0445. The number of hydrogen-bond donors (Lipinski definition) is 1. The van der Waals surface area contributed by atoms with Gasteiger partial charge in [-0.05, 0) is 49.4 Å². The van der Waals surface area contributed by atoms with Crippen LogP contribution in [-0.2, 0) is 0 Å². The Morgan fingerprint density at radius 1 is 1.48 bits per heavy atom. The van der Waals surface area contributed by atoms with E-state index in [2.05, 4.69) is 22.5 Å². The average Bonchev–Trinajstić information content (AvgIpc) is 3.44. The molecule has 1 aromatic heterocycles. The monoisotopic (exact) mass is 338 g/mol. The number of methoxy groups -OCH3 is 1. The molecule has 0 radical (unpaired) electrons. The summed E-state index contributed by atoms with van der Waals surface area (Å²) in [7, 11) is 1.65. The SMILES string of the molecule is C=C[C@H]1CN2CC[C@H]1C[C@@H]2[C@@H](O)c1c2c(nc3ccc(OC)cc13)O2. The summed E-state index contributed by atoms with van der Waals surface area (Å²) in [4.78, 5) is 6.90.